The van der Waals surface area contributed by atoms with Crippen LogP contribution in [0.1, 0.15) is 17.3 Å². The number of ether oxygens (including phenoxy) is 1. The molecule has 0 heterocycles. The first-order valence-corrected chi connectivity index (χ1v) is 9.19. The van der Waals surface area contributed by atoms with Crippen molar-refractivity contribution in [3.63, 3.8) is 0 Å². The third-order valence-corrected chi connectivity index (χ3v) is 4.69. The van der Waals surface area contributed by atoms with Crippen molar-refractivity contribution in [2.24, 2.45) is 0 Å². The highest BCUT2D eigenvalue weighted by atomic mass is 32.2. The molecule has 0 fully saturated rings. The van der Waals surface area contributed by atoms with Gasteiger partial charge in [-0.2, -0.15) is 0 Å². The van der Waals surface area contributed by atoms with Gasteiger partial charge in [0.05, 0.1) is 11.5 Å². The van der Waals surface area contributed by atoms with Gasteiger partial charge in [0.25, 0.3) is 5.91 Å². The molecule has 132 valence electrons. The summed E-state index contributed by atoms with van der Waals surface area (Å²) in [6.07, 6.45) is 1.46. The van der Waals surface area contributed by atoms with Crippen LogP contribution in [0.25, 0.3) is 0 Å². The molecule has 1 amide bonds. The van der Waals surface area contributed by atoms with Crippen molar-refractivity contribution >= 4 is 21.6 Å². The van der Waals surface area contributed by atoms with E-state index in [1.54, 1.807) is 24.3 Å². The molecule has 0 aliphatic heterocycles. The minimum absolute atomic E-state index is 0.116. The molecule has 0 saturated carbocycles. The Labute approximate surface area is 147 Å². The maximum atomic E-state index is 12.3. The van der Waals surface area contributed by atoms with Crippen LogP contribution < -0.4 is 14.8 Å². The van der Waals surface area contributed by atoms with Gasteiger partial charge >= 0.3 is 0 Å². The smallest absolute Gasteiger partial charge is 0.255 e. The molecule has 0 aliphatic carbocycles. The molecule has 25 heavy (non-hydrogen) atoms. The molecule has 2 rings (SSSR count). The van der Waals surface area contributed by atoms with Crippen LogP contribution in [0.5, 0.6) is 5.75 Å². The molecule has 2 N–H and O–H groups in total. The van der Waals surface area contributed by atoms with Crippen molar-refractivity contribution in [2.75, 3.05) is 18.5 Å². The standard InChI is InChI=1S/C18H20N2O4S/c1-3-12-19-25(22,23)17-10-8-15(9-11-17)20-18(21)14-6-5-7-16(13-14)24-4-2/h3,5-11,13,19H,1,4,12H2,2H3,(H,20,21). The van der Waals surface area contributed by atoms with E-state index >= 15 is 0 Å². The molecule has 0 saturated heterocycles. The fraction of sp³-hybridized carbons (Fsp3) is 0.167. The van der Waals surface area contributed by atoms with Crippen LogP contribution in [0, 0.1) is 0 Å². The van der Waals surface area contributed by atoms with E-state index in [1.807, 2.05) is 6.92 Å². The quantitative estimate of drug-likeness (QED) is 0.709. The molecular formula is C18H20N2O4S. The van der Waals surface area contributed by atoms with Crippen LogP contribution >= 0.6 is 0 Å². The van der Waals surface area contributed by atoms with Gasteiger partial charge in [0.15, 0.2) is 0 Å². The number of carbonyl (C=O) groups excluding carboxylic acids is 1. The molecule has 2 aromatic carbocycles. The predicted molar refractivity (Wildman–Crippen MR) is 97.4 cm³/mol. The lowest BCUT2D eigenvalue weighted by Gasteiger charge is -2.09. The first kappa shape index (κ1) is 18.7. The van der Waals surface area contributed by atoms with E-state index in [9.17, 15) is 13.2 Å². The lowest BCUT2D eigenvalue weighted by Crippen LogP contribution is -2.23. The van der Waals surface area contributed by atoms with Gasteiger partial charge in [-0.3, -0.25) is 4.79 Å². The van der Waals surface area contributed by atoms with E-state index in [1.165, 1.54) is 30.3 Å². The highest BCUT2D eigenvalue weighted by Gasteiger charge is 2.13. The fourth-order valence-corrected chi connectivity index (χ4v) is 3.06. The number of rotatable bonds is 8. The van der Waals surface area contributed by atoms with Crippen LogP contribution in [0.4, 0.5) is 5.69 Å². The van der Waals surface area contributed by atoms with Crippen LogP contribution in [0.15, 0.2) is 66.1 Å². The molecule has 0 bridgehead atoms. The Hall–Kier alpha value is -2.64. The molecule has 0 spiro atoms. The molecule has 0 unspecified atom stereocenters. The molecular weight excluding hydrogens is 340 g/mol. The van der Waals surface area contributed by atoms with Crippen molar-refractivity contribution < 1.29 is 17.9 Å². The van der Waals surface area contributed by atoms with E-state index in [-0.39, 0.29) is 17.3 Å². The van der Waals surface area contributed by atoms with Crippen LogP contribution in [-0.4, -0.2) is 27.5 Å². The molecule has 7 heteroatoms. The topological polar surface area (TPSA) is 84.5 Å². The van der Waals surface area contributed by atoms with Crippen molar-refractivity contribution in [3.05, 3.63) is 66.7 Å². The maximum absolute atomic E-state index is 12.3. The Morgan fingerprint density at radius 1 is 1.20 bits per heavy atom. The zero-order valence-electron chi connectivity index (χ0n) is 13.9. The van der Waals surface area contributed by atoms with E-state index < -0.39 is 10.0 Å². The van der Waals surface area contributed by atoms with Crippen LogP contribution in [0.2, 0.25) is 0 Å². The summed E-state index contributed by atoms with van der Waals surface area (Å²) in [6.45, 7) is 6.00. The molecule has 0 radical (unpaired) electrons. The van der Waals surface area contributed by atoms with E-state index in [2.05, 4.69) is 16.6 Å². The second-order valence-electron chi connectivity index (χ2n) is 5.08. The largest absolute Gasteiger partial charge is 0.494 e. The summed E-state index contributed by atoms with van der Waals surface area (Å²) in [5, 5.41) is 2.72. The number of benzene rings is 2. The number of hydrogen-bond acceptors (Lipinski definition) is 4. The fourth-order valence-electron chi connectivity index (χ4n) is 2.07. The third-order valence-electron chi connectivity index (χ3n) is 3.25. The average molecular weight is 360 g/mol. The van der Waals surface area contributed by atoms with Gasteiger partial charge in [-0.1, -0.05) is 12.1 Å². The number of anilines is 1. The number of carbonyl (C=O) groups is 1. The number of hydrogen-bond donors (Lipinski definition) is 2. The van der Waals surface area contributed by atoms with Crippen LogP contribution in [0.3, 0.4) is 0 Å². The molecule has 0 aliphatic rings. The van der Waals surface area contributed by atoms with E-state index in [0.717, 1.165) is 0 Å². The number of amides is 1. The van der Waals surface area contributed by atoms with Gasteiger partial charge in [-0.15, -0.1) is 6.58 Å². The molecule has 0 atom stereocenters. The minimum atomic E-state index is -3.58. The maximum Gasteiger partial charge on any atom is 0.255 e. The zero-order valence-corrected chi connectivity index (χ0v) is 14.7. The van der Waals surface area contributed by atoms with Gasteiger partial charge in [0, 0.05) is 17.8 Å². The molecule has 6 nitrogen and oxygen atoms in total. The lowest BCUT2D eigenvalue weighted by molar-refractivity contribution is 0.102. The summed E-state index contributed by atoms with van der Waals surface area (Å²) < 4.78 is 31.7. The first-order chi connectivity index (χ1) is 12.0. The molecule has 0 aromatic heterocycles. The normalized spacial score (nSPS) is 10.9. The second kappa shape index (κ2) is 8.46. The second-order valence-corrected chi connectivity index (χ2v) is 6.85. The summed E-state index contributed by atoms with van der Waals surface area (Å²) in [5.74, 6) is 0.312. The van der Waals surface area contributed by atoms with E-state index in [4.69, 9.17) is 4.74 Å². The Morgan fingerprint density at radius 2 is 1.92 bits per heavy atom. The lowest BCUT2D eigenvalue weighted by atomic mass is 10.2. The van der Waals surface area contributed by atoms with Crippen molar-refractivity contribution in [1.82, 2.24) is 4.72 Å². The average Bonchev–Trinajstić information content (AvgIpc) is 2.61. The third kappa shape index (κ3) is 5.17. The summed E-state index contributed by atoms with van der Waals surface area (Å²) in [7, 11) is -3.58. The zero-order chi connectivity index (χ0) is 18.3. The van der Waals surface area contributed by atoms with Crippen molar-refractivity contribution in [3.8, 4) is 5.75 Å². The van der Waals surface area contributed by atoms with Gasteiger partial charge < -0.3 is 10.1 Å². The van der Waals surface area contributed by atoms with Gasteiger partial charge in [0.2, 0.25) is 10.0 Å². The summed E-state index contributed by atoms with van der Waals surface area (Å²) in [4.78, 5) is 12.4. The summed E-state index contributed by atoms with van der Waals surface area (Å²) >= 11 is 0. The Balaban J connectivity index is 2.09. The number of nitrogens with one attached hydrogen (secondary N) is 2. The highest BCUT2D eigenvalue weighted by molar-refractivity contribution is 7.89. The molecule has 2 aromatic rings. The van der Waals surface area contributed by atoms with Crippen molar-refractivity contribution in [1.29, 1.82) is 0 Å². The van der Waals surface area contributed by atoms with Gasteiger partial charge in [-0.25, -0.2) is 13.1 Å². The predicted octanol–water partition coefficient (Wildman–Crippen LogP) is 2.80. The number of sulfonamides is 1. The Bertz CT molecular complexity index is 846. The Morgan fingerprint density at radius 3 is 2.56 bits per heavy atom. The SMILES string of the molecule is C=CCNS(=O)(=O)c1ccc(NC(=O)c2cccc(OCC)c2)cc1. The van der Waals surface area contributed by atoms with Gasteiger partial charge in [-0.05, 0) is 49.4 Å². The van der Waals surface area contributed by atoms with Crippen molar-refractivity contribution in [2.45, 2.75) is 11.8 Å². The van der Waals surface area contributed by atoms with Gasteiger partial charge in [0.1, 0.15) is 5.75 Å². The van der Waals surface area contributed by atoms with Crippen LogP contribution in [-0.2, 0) is 10.0 Å². The monoisotopic (exact) mass is 360 g/mol. The minimum Gasteiger partial charge on any atom is -0.494 e. The summed E-state index contributed by atoms with van der Waals surface area (Å²) in [5.41, 5.74) is 0.949. The first-order valence-electron chi connectivity index (χ1n) is 7.71. The highest BCUT2D eigenvalue weighted by Crippen LogP contribution is 2.17. The summed E-state index contributed by atoms with van der Waals surface area (Å²) in [6, 6.07) is 12.8. The Kier molecular flexibility index (Phi) is 6.32. The van der Waals surface area contributed by atoms with E-state index in [0.29, 0.717) is 23.6 Å².